The van der Waals surface area contributed by atoms with Gasteiger partial charge in [0.15, 0.2) is 5.41 Å². The number of alkyl halides is 3. The number of nitrogens with zero attached hydrogens (tertiary/aromatic N) is 2. The fourth-order valence-corrected chi connectivity index (χ4v) is 4.38. The molecule has 2 heterocycles. The molecule has 2 fully saturated rings. The van der Waals surface area contributed by atoms with Crippen LogP contribution in [0, 0.1) is 11.3 Å². The molecule has 4 nitrogen and oxygen atoms in total. The van der Waals surface area contributed by atoms with Crippen LogP contribution in [-0.2, 0) is 11.3 Å². The first kappa shape index (κ1) is 24.0. The van der Waals surface area contributed by atoms with Gasteiger partial charge in [-0.1, -0.05) is 37.3 Å². The quantitative estimate of drug-likeness (QED) is 0.742. The predicted molar refractivity (Wildman–Crippen MR) is 110 cm³/mol. The molecule has 3 rings (SSSR count). The first-order chi connectivity index (χ1) is 13.4. The molecule has 2 aliphatic heterocycles. The zero-order valence-electron chi connectivity index (χ0n) is 16.9. The van der Waals surface area contributed by atoms with Crippen molar-refractivity contribution in [3.63, 3.8) is 0 Å². The molecule has 0 bridgehead atoms. The van der Waals surface area contributed by atoms with Gasteiger partial charge in [-0.3, -0.25) is 9.69 Å². The molecule has 2 aliphatic rings. The Bertz CT molecular complexity index is 650. The molecular weight excluding hydrogens is 403 g/mol. The molecule has 1 atom stereocenters. The van der Waals surface area contributed by atoms with E-state index in [0.29, 0.717) is 25.6 Å². The Morgan fingerprint density at radius 2 is 1.83 bits per heavy atom. The predicted octanol–water partition coefficient (Wildman–Crippen LogP) is 3.71. The van der Waals surface area contributed by atoms with Gasteiger partial charge in [0.2, 0.25) is 5.91 Å². The Balaban J connectivity index is 0.00000300. The summed E-state index contributed by atoms with van der Waals surface area (Å²) in [7, 11) is 0. The molecule has 164 valence electrons. The molecular formula is C21H31ClF3N3O. The molecule has 1 unspecified atom stereocenters. The zero-order valence-corrected chi connectivity index (χ0v) is 17.7. The van der Waals surface area contributed by atoms with Gasteiger partial charge >= 0.3 is 6.18 Å². The number of nitrogens with one attached hydrogen (secondary N) is 1. The van der Waals surface area contributed by atoms with E-state index in [1.807, 2.05) is 37.3 Å². The standard InChI is InChI=1S/C21H30F3N3O.ClH/c1-2-25-14-17-8-11-27(12-9-17)19(28)20(21(22,23)24)10-13-26(16-20)15-18-6-4-3-5-7-18;/h3-7,17,25H,2,8-16H2,1H3;1H. The number of hydrogen-bond donors (Lipinski definition) is 1. The second kappa shape index (κ2) is 10.1. The maximum absolute atomic E-state index is 14.1. The molecule has 1 aromatic carbocycles. The first-order valence-corrected chi connectivity index (χ1v) is 10.2. The van der Waals surface area contributed by atoms with Gasteiger partial charge in [-0.25, -0.2) is 0 Å². The van der Waals surface area contributed by atoms with E-state index in [-0.39, 0.29) is 31.9 Å². The summed E-state index contributed by atoms with van der Waals surface area (Å²) >= 11 is 0. The van der Waals surface area contributed by atoms with E-state index in [1.54, 1.807) is 4.90 Å². The average molecular weight is 434 g/mol. The van der Waals surface area contributed by atoms with Crippen molar-refractivity contribution in [2.75, 3.05) is 39.3 Å². The van der Waals surface area contributed by atoms with E-state index in [9.17, 15) is 18.0 Å². The fraction of sp³-hybridized carbons (Fsp3) is 0.667. The summed E-state index contributed by atoms with van der Waals surface area (Å²) in [6.45, 7) is 5.11. The third kappa shape index (κ3) is 5.44. The average Bonchev–Trinajstić information content (AvgIpc) is 3.12. The topological polar surface area (TPSA) is 35.6 Å². The van der Waals surface area contributed by atoms with Crippen molar-refractivity contribution >= 4 is 18.3 Å². The fourth-order valence-electron chi connectivity index (χ4n) is 4.38. The van der Waals surface area contributed by atoms with Crippen LogP contribution >= 0.6 is 12.4 Å². The van der Waals surface area contributed by atoms with E-state index < -0.39 is 17.5 Å². The Morgan fingerprint density at radius 1 is 1.17 bits per heavy atom. The smallest absolute Gasteiger partial charge is 0.342 e. The zero-order chi connectivity index (χ0) is 20.2. The molecule has 0 radical (unpaired) electrons. The lowest BCUT2D eigenvalue weighted by Gasteiger charge is -2.39. The van der Waals surface area contributed by atoms with Crippen LogP contribution in [0.25, 0.3) is 0 Å². The molecule has 1 amide bonds. The molecule has 1 aromatic rings. The molecule has 0 spiro atoms. The van der Waals surface area contributed by atoms with Crippen LogP contribution in [0.1, 0.15) is 31.7 Å². The highest BCUT2D eigenvalue weighted by atomic mass is 35.5. The number of likely N-dealkylation sites (tertiary alicyclic amines) is 2. The molecule has 0 saturated carbocycles. The molecule has 1 N–H and O–H groups in total. The van der Waals surface area contributed by atoms with Crippen LogP contribution in [0.4, 0.5) is 13.2 Å². The monoisotopic (exact) mass is 433 g/mol. The van der Waals surface area contributed by atoms with Crippen molar-refractivity contribution < 1.29 is 18.0 Å². The number of halogens is 4. The minimum atomic E-state index is -4.53. The first-order valence-electron chi connectivity index (χ1n) is 10.2. The number of rotatable bonds is 6. The van der Waals surface area contributed by atoms with Crippen molar-refractivity contribution in [1.82, 2.24) is 15.1 Å². The summed E-state index contributed by atoms with van der Waals surface area (Å²) in [5.41, 5.74) is -1.30. The van der Waals surface area contributed by atoms with Crippen molar-refractivity contribution in [2.24, 2.45) is 11.3 Å². The van der Waals surface area contributed by atoms with E-state index in [4.69, 9.17) is 0 Å². The van der Waals surface area contributed by atoms with E-state index >= 15 is 0 Å². The van der Waals surface area contributed by atoms with Gasteiger partial charge < -0.3 is 10.2 Å². The number of amides is 1. The highest BCUT2D eigenvalue weighted by Gasteiger charge is 2.64. The number of piperidine rings is 1. The maximum atomic E-state index is 14.1. The summed E-state index contributed by atoms with van der Waals surface area (Å²) in [5.74, 6) is -0.290. The Hall–Kier alpha value is -1.31. The molecule has 2 saturated heterocycles. The lowest BCUT2D eigenvalue weighted by molar-refractivity contribution is -0.224. The van der Waals surface area contributed by atoms with Crippen LogP contribution < -0.4 is 5.32 Å². The molecule has 0 aromatic heterocycles. The van der Waals surface area contributed by atoms with Crippen LogP contribution in [0.15, 0.2) is 30.3 Å². The van der Waals surface area contributed by atoms with Crippen LogP contribution in [0.5, 0.6) is 0 Å². The second-order valence-corrected chi connectivity index (χ2v) is 8.07. The van der Waals surface area contributed by atoms with Gasteiger partial charge in [0.25, 0.3) is 0 Å². The number of benzene rings is 1. The third-order valence-corrected chi connectivity index (χ3v) is 6.13. The summed E-state index contributed by atoms with van der Waals surface area (Å²) in [6.07, 6.45) is -3.16. The van der Waals surface area contributed by atoms with E-state index in [2.05, 4.69) is 5.32 Å². The van der Waals surface area contributed by atoms with Crippen LogP contribution in [-0.4, -0.2) is 61.2 Å². The minimum Gasteiger partial charge on any atom is -0.342 e. The van der Waals surface area contributed by atoms with E-state index in [1.165, 1.54) is 4.90 Å². The third-order valence-electron chi connectivity index (χ3n) is 6.13. The highest BCUT2D eigenvalue weighted by molar-refractivity contribution is 5.85. The molecule has 0 aliphatic carbocycles. The van der Waals surface area contributed by atoms with Crippen LogP contribution in [0.2, 0.25) is 0 Å². The van der Waals surface area contributed by atoms with Gasteiger partial charge in [0.1, 0.15) is 0 Å². The summed E-state index contributed by atoms with van der Waals surface area (Å²) in [5, 5.41) is 3.29. The normalized spacial score (nSPS) is 23.8. The number of carbonyl (C=O) groups is 1. The lowest BCUT2D eigenvalue weighted by Crippen LogP contribution is -2.55. The van der Waals surface area contributed by atoms with Crippen LogP contribution in [0.3, 0.4) is 0 Å². The Kier molecular flexibility index (Phi) is 8.37. The van der Waals surface area contributed by atoms with Gasteiger partial charge in [0, 0.05) is 26.2 Å². The van der Waals surface area contributed by atoms with Gasteiger partial charge in [0.05, 0.1) is 0 Å². The molecule has 29 heavy (non-hydrogen) atoms. The van der Waals surface area contributed by atoms with Gasteiger partial charge in [-0.05, 0) is 50.4 Å². The largest absolute Gasteiger partial charge is 0.404 e. The number of hydrogen-bond acceptors (Lipinski definition) is 3. The SMILES string of the molecule is CCNCC1CCN(C(=O)C2(C(F)(F)F)CCN(Cc3ccccc3)C2)CC1.Cl. The second-order valence-electron chi connectivity index (χ2n) is 8.07. The Morgan fingerprint density at radius 3 is 2.41 bits per heavy atom. The van der Waals surface area contributed by atoms with Gasteiger partial charge in [-0.15, -0.1) is 12.4 Å². The summed E-state index contributed by atoms with van der Waals surface area (Å²) < 4.78 is 42.3. The van der Waals surface area contributed by atoms with E-state index in [0.717, 1.165) is 31.5 Å². The van der Waals surface area contributed by atoms with Gasteiger partial charge in [-0.2, -0.15) is 13.2 Å². The van der Waals surface area contributed by atoms with Crippen molar-refractivity contribution in [3.8, 4) is 0 Å². The van der Waals surface area contributed by atoms with Crippen molar-refractivity contribution in [3.05, 3.63) is 35.9 Å². The minimum absolute atomic E-state index is 0. The van der Waals surface area contributed by atoms with Crippen molar-refractivity contribution in [1.29, 1.82) is 0 Å². The Labute approximate surface area is 177 Å². The highest BCUT2D eigenvalue weighted by Crippen LogP contribution is 2.47. The molecule has 8 heteroatoms. The number of carbonyl (C=O) groups excluding carboxylic acids is 1. The maximum Gasteiger partial charge on any atom is 0.404 e. The summed E-state index contributed by atoms with van der Waals surface area (Å²) in [6, 6.07) is 9.46. The van der Waals surface area contributed by atoms with Crippen molar-refractivity contribution in [2.45, 2.75) is 38.9 Å². The lowest BCUT2D eigenvalue weighted by atomic mass is 9.83. The summed E-state index contributed by atoms with van der Waals surface area (Å²) in [4.78, 5) is 16.3.